The molecule has 5 heteroatoms. The third-order valence-corrected chi connectivity index (χ3v) is 2.70. The van der Waals surface area contributed by atoms with E-state index in [-0.39, 0.29) is 31.1 Å². The van der Waals surface area contributed by atoms with Gasteiger partial charge in [-0.3, -0.25) is 0 Å². The van der Waals surface area contributed by atoms with Gasteiger partial charge in [0.05, 0.1) is 0 Å². The van der Waals surface area contributed by atoms with Crippen LogP contribution in [0.2, 0.25) is 0 Å². The third kappa shape index (κ3) is 3.35. The predicted octanol–water partition coefficient (Wildman–Crippen LogP) is 0.454. The Balaban J connectivity index is 2.33. The molecule has 1 rings (SSSR count). The fraction of sp³-hybridized carbons (Fsp3) is 0.909. The number of likely N-dealkylation sites (tertiary alicyclic amines) is 1. The number of amides is 1. The molecule has 0 bridgehead atoms. The highest BCUT2D eigenvalue weighted by Gasteiger charge is 2.37. The summed E-state index contributed by atoms with van der Waals surface area (Å²) in [6.45, 7) is 6.51. The van der Waals surface area contributed by atoms with E-state index >= 15 is 0 Å². The van der Waals surface area contributed by atoms with Crippen LogP contribution in [0.15, 0.2) is 0 Å². The summed E-state index contributed by atoms with van der Waals surface area (Å²) in [5.41, 5.74) is -0.477. The van der Waals surface area contributed by atoms with Crippen molar-refractivity contribution in [3.63, 3.8) is 0 Å². The zero-order valence-corrected chi connectivity index (χ0v) is 10.1. The van der Waals surface area contributed by atoms with Gasteiger partial charge < -0.3 is 19.8 Å². The maximum absolute atomic E-state index is 11.6. The molecule has 0 aromatic heterocycles. The molecule has 0 radical (unpaired) electrons. The van der Waals surface area contributed by atoms with Crippen molar-refractivity contribution in [1.29, 1.82) is 0 Å². The first-order chi connectivity index (χ1) is 7.37. The number of ether oxygens (including phenoxy) is 1. The second kappa shape index (κ2) is 5.01. The number of carbonyl (C=O) groups is 1. The first kappa shape index (κ1) is 13.3. The maximum Gasteiger partial charge on any atom is 0.410 e. The van der Waals surface area contributed by atoms with Gasteiger partial charge in [-0.25, -0.2) is 4.79 Å². The zero-order chi connectivity index (χ0) is 12.3. The van der Waals surface area contributed by atoms with E-state index < -0.39 is 5.60 Å². The van der Waals surface area contributed by atoms with Gasteiger partial charge in [0.1, 0.15) is 5.60 Å². The van der Waals surface area contributed by atoms with Crippen LogP contribution in [-0.2, 0) is 4.74 Å². The van der Waals surface area contributed by atoms with Crippen molar-refractivity contribution < 1.29 is 19.7 Å². The van der Waals surface area contributed by atoms with E-state index in [0.29, 0.717) is 13.1 Å². The van der Waals surface area contributed by atoms with E-state index in [1.807, 2.05) is 20.8 Å². The molecule has 1 amide bonds. The lowest BCUT2D eigenvalue weighted by Gasteiger charge is -2.42. The standard InChI is InChI=1S/C11H21NO4/c1-11(2,3)16-10(15)12-4-8(5-12)9(6-13)7-14/h8-9,13-14H,4-7H2,1-3H3. The van der Waals surface area contributed by atoms with Crippen LogP contribution in [0.25, 0.3) is 0 Å². The lowest BCUT2D eigenvalue weighted by atomic mass is 9.87. The van der Waals surface area contributed by atoms with Gasteiger partial charge in [-0.05, 0) is 20.8 Å². The van der Waals surface area contributed by atoms with Crippen LogP contribution in [0.1, 0.15) is 20.8 Å². The number of hydrogen-bond donors (Lipinski definition) is 2. The summed E-state index contributed by atoms with van der Waals surface area (Å²) < 4.78 is 5.20. The highest BCUT2D eigenvalue weighted by Crippen LogP contribution is 2.25. The molecular weight excluding hydrogens is 210 g/mol. The molecule has 1 saturated heterocycles. The number of hydrogen-bond acceptors (Lipinski definition) is 4. The highest BCUT2D eigenvalue weighted by molar-refractivity contribution is 5.69. The van der Waals surface area contributed by atoms with Crippen molar-refractivity contribution in [3.05, 3.63) is 0 Å². The van der Waals surface area contributed by atoms with Gasteiger partial charge in [-0.15, -0.1) is 0 Å². The molecule has 1 aliphatic rings. The zero-order valence-electron chi connectivity index (χ0n) is 10.1. The third-order valence-electron chi connectivity index (χ3n) is 2.70. The van der Waals surface area contributed by atoms with Crippen LogP contribution in [0.4, 0.5) is 4.79 Å². The Kier molecular flexibility index (Phi) is 4.15. The number of aliphatic hydroxyl groups is 2. The molecule has 16 heavy (non-hydrogen) atoms. The molecule has 0 spiro atoms. The minimum Gasteiger partial charge on any atom is -0.444 e. The molecule has 5 nitrogen and oxygen atoms in total. The fourth-order valence-electron chi connectivity index (χ4n) is 1.64. The lowest BCUT2D eigenvalue weighted by Crippen LogP contribution is -2.55. The van der Waals surface area contributed by atoms with Crippen molar-refractivity contribution in [2.45, 2.75) is 26.4 Å². The normalized spacial score (nSPS) is 17.5. The van der Waals surface area contributed by atoms with Crippen LogP contribution in [0.5, 0.6) is 0 Å². The maximum atomic E-state index is 11.6. The van der Waals surface area contributed by atoms with E-state index in [2.05, 4.69) is 0 Å². The van der Waals surface area contributed by atoms with Crippen molar-refractivity contribution in [3.8, 4) is 0 Å². The largest absolute Gasteiger partial charge is 0.444 e. The average Bonchev–Trinajstić information content (AvgIpc) is 2.06. The van der Waals surface area contributed by atoms with E-state index in [1.54, 1.807) is 4.90 Å². The van der Waals surface area contributed by atoms with Crippen molar-refractivity contribution in [1.82, 2.24) is 4.90 Å². The van der Waals surface area contributed by atoms with Crippen molar-refractivity contribution in [2.75, 3.05) is 26.3 Å². The first-order valence-corrected chi connectivity index (χ1v) is 5.57. The average molecular weight is 231 g/mol. The van der Waals surface area contributed by atoms with Gasteiger partial charge in [0.15, 0.2) is 0 Å². The Morgan fingerprint density at radius 3 is 2.25 bits per heavy atom. The van der Waals surface area contributed by atoms with Crippen LogP contribution in [0, 0.1) is 11.8 Å². The smallest absolute Gasteiger partial charge is 0.410 e. The van der Waals surface area contributed by atoms with Crippen molar-refractivity contribution in [2.24, 2.45) is 11.8 Å². The number of carbonyl (C=O) groups excluding carboxylic acids is 1. The lowest BCUT2D eigenvalue weighted by molar-refractivity contribution is -0.0252. The van der Waals surface area contributed by atoms with E-state index in [1.165, 1.54) is 0 Å². The van der Waals surface area contributed by atoms with Gasteiger partial charge in [-0.2, -0.15) is 0 Å². The SMILES string of the molecule is CC(C)(C)OC(=O)N1CC(C(CO)CO)C1. The number of rotatable bonds is 3. The van der Waals surface area contributed by atoms with E-state index in [9.17, 15) is 4.79 Å². The Bertz CT molecular complexity index is 239. The minimum absolute atomic E-state index is 0.0384. The summed E-state index contributed by atoms with van der Waals surface area (Å²) in [7, 11) is 0. The molecule has 1 aliphatic heterocycles. The molecule has 0 aromatic rings. The molecule has 0 aliphatic carbocycles. The molecule has 1 heterocycles. The number of nitrogens with zero attached hydrogens (tertiary/aromatic N) is 1. The molecule has 0 aromatic carbocycles. The Labute approximate surface area is 96.0 Å². The predicted molar refractivity (Wildman–Crippen MR) is 59.0 cm³/mol. The van der Waals surface area contributed by atoms with Gasteiger partial charge in [-0.1, -0.05) is 0 Å². The van der Waals surface area contributed by atoms with Gasteiger partial charge in [0.25, 0.3) is 0 Å². The van der Waals surface area contributed by atoms with Crippen molar-refractivity contribution >= 4 is 6.09 Å². The summed E-state index contributed by atoms with van der Waals surface area (Å²) in [6, 6.07) is 0. The summed E-state index contributed by atoms with van der Waals surface area (Å²) in [5.74, 6) is 0.0567. The monoisotopic (exact) mass is 231 g/mol. The Morgan fingerprint density at radius 1 is 1.38 bits per heavy atom. The molecular formula is C11H21NO4. The van der Waals surface area contributed by atoms with Gasteiger partial charge in [0, 0.05) is 38.1 Å². The first-order valence-electron chi connectivity index (χ1n) is 5.57. The van der Waals surface area contributed by atoms with Gasteiger partial charge in [0.2, 0.25) is 0 Å². The molecule has 0 saturated carbocycles. The second-order valence-electron chi connectivity index (χ2n) is 5.27. The van der Waals surface area contributed by atoms with Crippen LogP contribution < -0.4 is 0 Å². The summed E-state index contributed by atoms with van der Waals surface area (Å²) in [5, 5.41) is 18.0. The summed E-state index contributed by atoms with van der Waals surface area (Å²) >= 11 is 0. The Morgan fingerprint density at radius 2 is 1.88 bits per heavy atom. The van der Waals surface area contributed by atoms with Crippen LogP contribution in [0.3, 0.4) is 0 Å². The second-order valence-corrected chi connectivity index (χ2v) is 5.27. The molecule has 0 unspecified atom stereocenters. The highest BCUT2D eigenvalue weighted by atomic mass is 16.6. The van der Waals surface area contributed by atoms with Crippen LogP contribution >= 0.6 is 0 Å². The molecule has 94 valence electrons. The van der Waals surface area contributed by atoms with E-state index in [4.69, 9.17) is 14.9 Å². The fourth-order valence-corrected chi connectivity index (χ4v) is 1.64. The summed E-state index contributed by atoms with van der Waals surface area (Å²) in [6.07, 6.45) is -0.321. The summed E-state index contributed by atoms with van der Waals surface area (Å²) in [4.78, 5) is 13.2. The van der Waals surface area contributed by atoms with Crippen LogP contribution in [-0.4, -0.2) is 53.1 Å². The number of aliphatic hydroxyl groups excluding tert-OH is 2. The molecule has 1 fully saturated rings. The Hall–Kier alpha value is -0.810. The molecule has 0 atom stereocenters. The molecule has 2 N–H and O–H groups in total. The van der Waals surface area contributed by atoms with Gasteiger partial charge >= 0.3 is 6.09 Å². The van der Waals surface area contributed by atoms with E-state index in [0.717, 1.165) is 0 Å². The topological polar surface area (TPSA) is 70.0 Å². The minimum atomic E-state index is -0.477. The quantitative estimate of drug-likeness (QED) is 0.740.